The number of rotatable bonds is 5. The van der Waals surface area contributed by atoms with Crippen LogP contribution in [0.3, 0.4) is 0 Å². The van der Waals surface area contributed by atoms with Crippen molar-refractivity contribution in [3.8, 4) is 0 Å². The van der Waals surface area contributed by atoms with Crippen LogP contribution in [0.1, 0.15) is 25.3 Å². The molecule has 0 spiro atoms. The Kier molecular flexibility index (Phi) is 6.26. The van der Waals surface area contributed by atoms with Crippen molar-refractivity contribution in [3.05, 3.63) is 29.6 Å². The van der Waals surface area contributed by atoms with Crippen LogP contribution in [-0.4, -0.2) is 56.1 Å². The predicted molar refractivity (Wildman–Crippen MR) is 96.7 cm³/mol. The second kappa shape index (κ2) is 8.23. The van der Waals surface area contributed by atoms with Gasteiger partial charge in [0.2, 0.25) is 5.91 Å². The summed E-state index contributed by atoms with van der Waals surface area (Å²) in [5, 5.41) is -1.60. The minimum atomic E-state index is -5.18. The summed E-state index contributed by atoms with van der Waals surface area (Å²) in [5.41, 5.74) is -1.71. The van der Waals surface area contributed by atoms with Gasteiger partial charge in [0.25, 0.3) is 5.92 Å². The van der Waals surface area contributed by atoms with E-state index >= 15 is 0 Å². The van der Waals surface area contributed by atoms with Crippen molar-refractivity contribution in [3.63, 3.8) is 0 Å². The number of esters is 1. The molecule has 1 heterocycles. The molecule has 0 radical (unpaired) electrons. The third kappa shape index (κ3) is 4.57. The Morgan fingerprint density at radius 1 is 1.16 bits per heavy atom. The minimum absolute atomic E-state index is 0.0510. The molecular weight excluding hydrogens is 468 g/mol. The van der Waals surface area contributed by atoms with Gasteiger partial charge < -0.3 is 9.64 Å². The van der Waals surface area contributed by atoms with Crippen LogP contribution in [0.15, 0.2) is 23.1 Å². The van der Waals surface area contributed by atoms with E-state index in [1.165, 1.54) is 6.92 Å². The van der Waals surface area contributed by atoms with E-state index in [1.54, 1.807) is 0 Å². The third-order valence-corrected chi connectivity index (χ3v) is 7.81. The molecule has 1 aromatic rings. The quantitative estimate of drug-likeness (QED) is 0.362. The lowest BCUT2D eigenvalue weighted by Crippen LogP contribution is -2.60. The fourth-order valence-electron chi connectivity index (χ4n) is 4.08. The van der Waals surface area contributed by atoms with E-state index in [2.05, 4.69) is 0 Å². The smallest absolute Gasteiger partial charge is 0.417 e. The first kappa shape index (κ1) is 24.3. The summed E-state index contributed by atoms with van der Waals surface area (Å²) >= 11 is 0. The van der Waals surface area contributed by atoms with E-state index in [0.29, 0.717) is 12.1 Å². The molecule has 13 heteroatoms. The van der Waals surface area contributed by atoms with Crippen molar-refractivity contribution in [1.82, 2.24) is 4.90 Å². The molecule has 178 valence electrons. The highest BCUT2D eigenvalue weighted by Gasteiger charge is 2.54. The molecule has 1 aromatic carbocycles. The molecule has 2 aliphatic rings. The minimum Gasteiger partial charge on any atom is -0.466 e. The largest absolute Gasteiger partial charge is 0.466 e. The second-order valence-electron chi connectivity index (χ2n) is 7.79. The van der Waals surface area contributed by atoms with Gasteiger partial charge in [0.05, 0.1) is 47.2 Å². The van der Waals surface area contributed by atoms with Gasteiger partial charge in [0.1, 0.15) is 5.82 Å². The fourth-order valence-corrected chi connectivity index (χ4v) is 6.10. The van der Waals surface area contributed by atoms with E-state index in [9.17, 15) is 44.3 Å². The maximum atomic E-state index is 13.4. The Morgan fingerprint density at radius 3 is 2.28 bits per heavy atom. The first-order chi connectivity index (χ1) is 14.7. The molecule has 1 aliphatic carbocycles. The maximum absolute atomic E-state index is 13.4. The molecule has 2 fully saturated rings. The molecule has 1 saturated carbocycles. The van der Waals surface area contributed by atoms with Crippen LogP contribution in [0.25, 0.3) is 0 Å². The summed E-state index contributed by atoms with van der Waals surface area (Å²) in [4.78, 5) is 24.6. The topological polar surface area (TPSA) is 80.8 Å². The van der Waals surface area contributed by atoms with Gasteiger partial charge in [0, 0.05) is 0 Å². The summed E-state index contributed by atoms with van der Waals surface area (Å²) in [6.45, 7) is -0.440. The summed E-state index contributed by atoms with van der Waals surface area (Å²) in [7, 11) is -4.77. The lowest BCUT2D eigenvalue weighted by atomic mass is 9.93. The highest BCUT2D eigenvalue weighted by atomic mass is 32.2. The number of hydrogen-bond acceptors (Lipinski definition) is 5. The zero-order valence-electron chi connectivity index (χ0n) is 16.7. The Bertz CT molecular complexity index is 1020. The van der Waals surface area contributed by atoms with Crippen LogP contribution >= 0.6 is 0 Å². The zero-order chi connectivity index (χ0) is 24.1. The number of benzene rings is 1. The van der Waals surface area contributed by atoms with Crippen molar-refractivity contribution in [2.45, 2.75) is 42.0 Å². The standard InChI is InChI=1S/C19H19F6NO5S/c1-2-31-17(28)13-7-11(6-12(13)16(27)26-8-18(21,22)9-26)32(29,30)15-4-3-10(20)5-14(15)19(23,24)25/h3-5,11-13H,2,6-9H2,1H3. The normalized spacial score (nSPS) is 25.3. The molecule has 1 saturated heterocycles. The number of ether oxygens (including phenoxy) is 1. The number of sulfone groups is 1. The molecule has 3 unspecified atom stereocenters. The lowest BCUT2D eigenvalue weighted by molar-refractivity contribution is -0.173. The van der Waals surface area contributed by atoms with Crippen molar-refractivity contribution in [2.75, 3.05) is 19.7 Å². The molecule has 0 bridgehead atoms. The number of hydrogen-bond donors (Lipinski definition) is 0. The fraction of sp³-hybridized carbons (Fsp3) is 0.579. The first-order valence-corrected chi connectivity index (χ1v) is 11.2. The van der Waals surface area contributed by atoms with E-state index in [0.717, 1.165) is 4.90 Å². The Balaban J connectivity index is 1.95. The summed E-state index contributed by atoms with van der Waals surface area (Å²) < 4.78 is 111. The number of likely N-dealkylation sites (tertiary alicyclic amines) is 1. The highest BCUT2D eigenvalue weighted by Crippen LogP contribution is 2.44. The number of alkyl halides is 5. The van der Waals surface area contributed by atoms with Crippen LogP contribution in [-0.2, 0) is 30.3 Å². The summed E-state index contributed by atoms with van der Waals surface area (Å²) in [6.07, 6.45) is -6.26. The van der Waals surface area contributed by atoms with Gasteiger partial charge in [-0.1, -0.05) is 0 Å². The molecule has 32 heavy (non-hydrogen) atoms. The maximum Gasteiger partial charge on any atom is 0.417 e. The van der Waals surface area contributed by atoms with Gasteiger partial charge in [-0.3, -0.25) is 9.59 Å². The number of amides is 1. The van der Waals surface area contributed by atoms with Crippen LogP contribution in [0.4, 0.5) is 26.3 Å². The molecule has 3 rings (SSSR count). The number of halogens is 6. The van der Waals surface area contributed by atoms with Crippen LogP contribution < -0.4 is 0 Å². The average Bonchev–Trinajstić information content (AvgIpc) is 3.11. The van der Waals surface area contributed by atoms with Crippen molar-refractivity contribution in [2.24, 2.45) is 11.8 Å². The molecular formula is C19H19F6NO5S. The van der Waals surface area contributed by atoms with Gasteiger partial charge in [-0.05, 0) is 38.0 Å². The second-order valence-corrected chi connectivity index (χ2v) is 9.99. The van der Waals surface area contributed by atoms with Gasteiger partial charge in [-0.25, -0.2) is 21.6 Å². The van der Waals surface area contributed by atoms with Crippen molar-refractivity contribution < 1.29 is 49.1 Å². The molecule has 3 atom stereocenters. The number of nitrogens with zero attached hydrogens (tertiary/aromatic N) is 1. The van der Waals surface area contributed by atoms with E-state index < -0.39 is 93.1 Å². The van der Waals surface area contributed by atoms with Crippen LogP contribution in [0.5, 0.6) is 0 Å². The van der Waals surface area contributed by atoms with Crippen molar-refractivity contribution in [1.29, 1.82) is 0 Å². The third-order valence-electron chi connectivity index (χ3n) is 5.57. The monoisotopic (exact) mass is 487 g/mol. The molecule has 1 aliphatic heterocycles. The number of carbonyl (C=O) groups excluding carboxylic acids is 2. The molecule has 0 aromatic heterocycles. The Labute approximate surface area is 179 Å². The Morgan fingerprint density at radius 2 is 1.75 bits per heavy atom. The van der Waals surface area contributed by atoms with E-state index in [4.69, 9.17) is 4.74 Å². The number of carbonyl (C=O) groups is 2. The van der Waals surface area contributed by atoms with Gasteiger partial charge in [0.15, 0.2) is 9.84 Å². The van der Waals surface area contributed by atoms with Gasteiger partial charge in [-0.15, -0.1) is 0 Å². The molecule has 1 amide bonds. The van der Waals surface area contributed by atoms with Crippen LogP contribution in [0.2, 0.25) is 0 Å². The van der Waals surface area contributed by atoms with E-state index in [1.807, 2.05) is 0 Å². The molecule has 6 nitrogen and oxygen atoms in total. The van der Waals surface area contributed by atoms with Gasteiger partial charge in [-0.2, -0.15) is 13.2 Å². The van der Waals surface area contributed by atoms with Crippen molar-refractivity contribution >= 4 is 21.7 Å². The first-order valence-electron chi connectivity index (χ1n) is 9.61. The lowest BCUT2D eigenvalue weighted by Gasteiger charge is -2.40. The predicted octanol–water partition coefficient (Wildman–Crippen LogP) is 3.05. The SMILES string of the molecule is CCOC(=O)C1CC(S(=O)(=O)c2ccc(F)cc2C(F)(F)F)CC1C(=O)N1CC(F)(F)C1. The summed E-state index contributed by atoms with van der Waals surface area (Å²) in [6, 6.07) is 1.10. The van der Waals surface area contributed by atoms with Gasteiger partial charge >= 0.3 is 12.1 Å². The highest BCUT2D eigenvalue weighted by molar-refractivity contribution is 7.92. The zero-order valence-corrected chi connectivity index (χ0v) is 17.5. The average molecular weight is 487 g/mol. The Hall–Kier alpha value is -2.31. The van der Waals surface area contributed by atoms with Crippen LogP contribution in [0, 0.1) is 17.7 Å². The molecule has 0 N–H and O–H groups in total. The summed E-state index contributed by atoms with van der Waals surface area (Å²) in [5.74, 6) is -8.90. The van der Waals surface area contributed by atoms with E-state index in [-0.39, 0.29) is 12.7 Å².